The van der Waals surface area contributed by atoms with Crippen LogP contribution in [0.5, 0.6) is 0 Å². The van der Waals surface area contributed by atoms with Gasteiger partial charge in [0, 0.05) is 12.7 Å². The van der Waals surface area contributed by atoms with Crippen molar-refractivity contribution in [3.8, 4) is 0 Å². The van der Waals surface area contributed by atoms with Gasteiger partial charge in [-0.15, -0.1) is 6.58 Å². The van der Waals surface area contributed by atoms with Crippen LogP contribution in [0.15, 0.2) is 25.4 Å². The zero-order chi connectivity index (χ0) is 8.97. The van der Waals surface area contributed by atoms with Crippen LogP contribution in [-0.4, -0.2) is 9.55 Å². The monoisotopic (exact) mass is 162 g/mol. The summed E-state index contributed by atoms with van der Waals surface area (Å²) in [6.45, 7) is 10.3. The molecule has 0 unspecified atom stereocenters. The molecular formula is C10H14N2. The van der Waals surface area contributed by atoms with Gasteiger partial charge in [0.25, 0.3) is 0 Å². The SMILES string of the molecule is C=CCCn1cc(C)nc1C=C. The number of allylic oxidation sites excluding steroid dienone is 1. The lowest BCUT2D eigenvalue weighted by Crippen LogP contribution is -1.97. The summed E-state index contributed by atoms with van der Waals surface area (Å²) in [7, 11) is 0. The Labute approximate surface area is 73.2 Å². The molecule has 12 heavy (non-hydrogen) atoms. The molecule has 2 nitrogen and oxygen atoms in total. The van der Waals surface area contributed by atoms with Crippen molar-refractivity contribution in [1.29, 1.82) is 0 Å². The number of nitrogens with zero attached hydrogens (tertiary/aromatic N) is 2. The summed E-state index contributed by atoms with van der Waals surface area (Å²) in [5, 5.41) is 0. The summed E-state index contributed by atoms with van der Waals surface area (Å²) in [5.41, 5.74) is 1.04. The first-order valence-electron chi connectivity index (χ1n) is 4.05. The van der Waals surface area contributed by atoms with Crippen molar-refractivity contribution in [1.82, 2.24) is 9.55 Å². The molecule has 0 aliphatic rings. The molecule has 0 spiro atoms. The molecule has 0 aliphatic carbocycles. The zero-order valence-electron chi connectivity index (χ0n) is 7.45. The van der Waals surface area contributed by atoms with Gasteiger partial charge in [0.15, 0.2) is 0 Å². The van der Waals surface area contributed by atoms with Crippen LogP contribution in [0, 0.1) is 6.92 Å². The van der Waals surface area contributed by atoms with Gasteiger partial charge < -0.3 is 4.57 Å². The average molecular weight is 162 g/mol. The molecule has 0 aromatic carbocycles. The van der Waals surface area contributed by atoms with Gasteiger partial charge in [0.05, 0.1) is 5.69 Å². The highest BCUT2D eigenvalue weighted by Crippen LogP contribution is 2.04. The molecule has 0 bridgehead atoms. The Hall–Kier alpha value is -1.31. The van der Waals surface area contributed by atoms with E-state index in [9.17, 15) is 0 Å². The molecule has 64 valence electrons. The van der Waals surface area contributed by atoms with Gasteiger partial charge in [-0.3, -0.25) is 0 Å². The van der Waals surface area contributed by atoms with Gasteiger partial charge in [-0.25, -0.2) is 4.98 Å². The predicted octanol–water partition coefficient (Wildman–Crippen LogP) is 2.41. The number of aromatic nitrogens is 2. The summed E-state index contributed by atoms with van der Waals surface area (Å²) in [6, 6.07) is 0. The van der Waals surface area contributed by atoms with E-state index in [-0.39, 0.29) is 0 Å². The topological polar surface area (TPSA) is 17.8 Å². The third-order valence-corrected chi connectivity index (χ3v) is 1.68. The molecule has 0 fully saturated rings. The molecule has 1 rings (SSSR count). The van der Waals surface area contributed by atoms with E-state index >= 15 is 0 Å². The summed E-state index contributed by atoms with van der Waals surface area (Å²) >= 11 is 0. The normalized spacial score (nSPS) is 9.75. The average Bonchev–Trinajstić information content (AvgIpc) is 2.42. The Bertz CT molecular complexity index is 284. The summed E-state index contributed by atoms with van der Waals surface area (Å²) in [5.74, 6) is 0.939. The van der Waals surface area contributed by atoms with E-state index in [0.29, 0.717) is 0 Å². The summed E-state index contributed by atoms with van der Waals surface area (Å²) in [6.07, 6.45) is 6.68. The van der Waals surface area contributed by atoms with Gasteiger partial charge in [0.1, 0.15) is 5.82 Å². The Morgan fingerprint density at radius 2 is 2.33 bits per heavy atom. The van der Waals surface area contributed by atoms with Crippen LogP contribution in [0.1, 0.15) is 17.9 Å². The van der Waals surface area contributed by atoms with E-state index in [2.05, 4.69) is 22.7 Å². The second-order valence-electron chi connectivity index (χ2n) is 2.72. The molecule has 0 radical (unpaired) electrons. The molecule has 1 heterocycles. The first kappa shape index (κ1) is 8.78. The summed E-state index contributed by atoms with van der Waals surface area (Å²) < 4.78 is 2.09. The molecule has 1 aromatic rings. The van der Waals surface area contributed by atoms with Crippen molar-refractivity contribution in [2.24, 2.45) is 0 Å². The van der Waals surface area contributed by atoms with Crippen molar-refractivity contribution < 1.29 is 0 Å². The van der Waals surface area contributed by atoms with E-state index < -0.39 is 0 Å². The van der Waals surface area contributed by atoms with Crippen LogP contribution in [0.25, 0.3) is 6.08 Å². The molecule has 0 aliphatic heterocycles. The van der Waals surface area contributed by atoms with Crippen molar-refractivity contribution >= 4 is 6.08 Å². The number of rotatable bonds is 4. The number of hydrogen-bond acceptors (Lipinski definition) is 1. The van der Waals surface area contributed by atoms with Crippen LogP contribution >= 0.6 is 0 Å². The van der Waals surface area contributed by atoms with E-state index in [1.54, 1.807) is 6.08 Å². The fraction of sp³-hybridized carbons (Fsp3) is 0.300. The Morgan fingerprint density at radius 3 is 2.92 bits per heavy atom. The van der Waals surface area contributed by atoms with E-state index in [4.69, 9.17) is 0 Å². The minimum Gasteiger partial charge on any atom is -0.331 e. The molecule has 2 heteroatoms. The van der Waals surface area contributed by atoms with Gasteiger partial charge in [-0.2, -0.15) is 0 Å². The lowest BCUT2D eigenvalue weighted by Gasteiger charge is -2.00. The zero-order valence-corrected chi connectivity index (χ0v) is 7.45. The van der Waals surface area contributed by atoms with Crippen molar-refractivity contribution in [2.45, 2.75) is 19.9 Å². The highest BCUT2D eigenvalue weighted by Gasteiger charge is 1.99. The highest BCUT2D eigenvalue weighted by molar-refractivity contribution is 5.37. The van der Waals surface area contributed by atoms with Crippen LogP contribution in [0.4, 0.5) is 0 Å². The maximum Gasteiger partial charge on any atom is 0.132 e. The lowest BCUT2D eigenvalue weighted by molar-refractivity contribution is 0.702. The van der Waals surface area contributed by atoms with Crippen LogP contribution in [0.3, 0.4) is 0 Å². The third kappa shape index (κ3) is 1.84. The fourth-order valence-corrected chi connectivity index (χ4v) is 1.14. The van der Waals surface area contributed by atoms with Gasteiger partial charge in [-0.1, -0.05) is 12.7 Å². The maximum atomic E-state index is 4.29. The van der Waals surface area contributed by atoms with Gasteiger partial charge >= 0.3 is 0 Å². The first-order chi connectivity index (χ1) is 5.77. The quantitative estimate of drug-likeness (QED) is 0.622. The van der Waals surface area contributed by atoms with Crippen LogP contribution in [-0.2, 0) is 6.54 Å². The first-order valence-corrected chi connectivity index (χ1v) is 4.05. The lowest BCUT2D eigenvalue weighted by atomic mass is 10.4. The van der Waals surface area contributed by atoms with Gasteiger partial charge in [0.2, 0.25) is 0 Å². The highest BCUT2D eigenvalue weighted by atomic mass is 15.1. The third-order valence-electron chi connectivity index (χ3n) is 1.68. The molecule has 0 atom stereocenters. The largest absolute Gasteiger partial charge is 0.331 e. The smallest absolute Gasteiger partial charge is 0.132 e. The standard InChI is InChI=1S/C10H14N2/c1-4-6-7-12-8-9(3)11-10(12)5-2/h4-5,8H,1-2,6-7H2,3H3. The van der Waals surface area contributed by atoms with Crippen molar-refractivity contribution in [3.05, 3.63) is 36.9 Å². The van der Waals surface area contributed by atoms with E-state index in [1.165, 1.54) is 0 Å². The molecule has 0 N–H and O–H groups in total. The molecule has 0 saturated carbocycles. The van der Waals surface area contributed by atoms with E-state index in [0.717, 1.165) is 24.5 Å². The Kier molecular flexibility index (Phi) is 2.86. The van der Waals surface area contributed by atoms with Crippen LogP contribution in [0.2, 0.25) is 0 Å². The van der Waals surface area contributed by atoms with Gasteiger partial charge in [-0.05, 0) is 19.4 Å². The number of hydrogen-bond donors (Lipinski definition) is 0. The maximum absolute atomic E-state index is 4.29. The fourth-order valence-electron chi connectivity index (χ4n) is 1.14. The Balaban J connectivity index is 2.81. The minimum absolute atomic E-state index is 0.936. The second kappa shape index (κ2) is 3.90. The van der Waals surface area contributed by atoms with Crippen LogP contribution < -0.4 is 0 Å². The molecular weight excluding hydrogens is 148 g/mol. The summed E-state index contributed by atoms with van der Waals surface area (Å²) in [4.78, 5) is 4.29. The van der Waals surface area contributed by atoms with Crippen molar-refractivity contribution in [2.75, 3.05) is 0 Å². The molecule has 0 amide bonds. The predicted molar refractivity (Wildman–Crippen MR) is 51.9 cm³/mol. The molecule has 1 aromatic heterocycles. The second-order valence-corrected chi connectivity index (χ2v) is 2.72. The number of aryl methyl sites for hydroxylation is 2. The van der Waals surface area contributed by atoms with E-state index in [1.807, 2.05) is 19.2 Å². The number of imidazole rings is 1. The minimum atomic E-state index is 0.936. The Morgan fingerprint density at radius 1 is 1.58 bits per heavy atom. The van der Waals surface area contributed by atoms with Crippen molar-refractivity contribution in [3.63, 3.8) is 0 Å². The molecule has 0 saturated heterocycles.